The lowest BCUT2D eigenvalue weighted by atomic mass is 10.1. The lowest BCUT2D eigenvalue weighted by molar-refractivity contribution is -0.119. The number of carbonyl (C=O) groups excluding carboxylic acids is 1. The Morgan fingerprint density at radius 3 is 2.84 bits per heavy atom. The highest BCUT2D eigenvalue weighted by Gasteiger charge is 2.17. The van der Waals surface area contributed by atoms with Crippen molar-refractivity contribution in [2.45, 2.75) is 19.4 Å². The van der Waals surface area contributed by atoms with Gasteiger partial charge >= 0.3 is 0 Å². The van der Waals surface area contributed by atoms with Gasteiger partial charge in [-0.3, -0.25) is 4.79 Å². The zero-order chi connectivity index (χ0) is 13.7. The molecule has 2 unspecified atom stereocenters. The third-order valence-corrected chi connectivity index (χ3v) is 3.11. The Labute approximate surface area is 113 Å². The van der Waals surface area contributed by atoms with Crippen molar-refractivity contribution in [3.05, 3.63) is 24.3 Å². The summed E-state index contributed by atoms with van der Waals surface area (Å²) < 4.78 is 11.0. The van der Waals surface area contributed by atoms with E-state index >= 15 is 0 Å². The summed E-state index contributed by atoms with van der Waals surface area (Å²) in [6.07, 6.45) is 1.06. The van der Waals surface area contributed by atoms with Crippen molar-refractivity contribution in [1.82, 2.24) is 0 Å². The van der Waals surface area contributed by atoms with Crippen LogP contribution in [0.25, 0.3) is 0 Å². The molecular formula is C14H20N2O3. The van der Waals surface area contributed by atoms with Gasteiger partial charge in [0, 0.05) is 24.6 Å². The first-order chi connectivity index (χ1) is 9.19. The molecule has 1 fully saturated rings. The Balaban J connectivity index is 1.88. The lowest BCUT2D eigenvalue weighted by Crippen LogP contribution is -2.26. The van der Waals surface area contributed by atoms with Gasteiger partial charge in [0.2, 0.25) is 5.91 Å². The summed E-state index contributed by atoms with van der Waals surface area (Å²) >= 11 is 0. The second-order valence-corrected chi connectivity index (χ2v) is 4.75. The van der Waals surface area contributed by atoms with Gasteiger partial charge in [0.15, 0.2) is 0 Å². The molecule has 0 spiro atoms. The van der Waals surface area contributed by atoms with Crippen LogP contribution in [0.5, 0.6) is 5.75 Å². The maximum atomic E-state index is 11.7. The Morgan fingerprint density at radius 2 is 2.26 bits per heavy atom. The fourth-order valence-electron chi connectivity index (χ4n) is 1.79. The van der Waals surface area contributed by atoms with E-state index in [4.69, 9.17) is 15.2 Å². The Bertz CT molecular complexity index is 413. The second-order valence-electron chi connectivity index (χ2n) is 4.75. The maximum absolute atomic E-state index is 11.7. The van der Waals surface area contributed by atoms with Crippen LogP contribution in [-0.4, -0.2) is 31.8 Å². The van der Waals surface area contributed by atoms with E-state index in [9.17, 15) is 4.79 Å². The lowest BCUT2D eigenvalue weighted by Gasteiger charge is -2.13. The van der Waals surface area contributed by atoms with Crippen molar-refractivity contribution in [3.63, 3.8) is 0 Å². The highest BCUT2D eigenvalue weighted by molar-refractivity contribution is 5.92. The van der Waals surface area contributed by atoms with Gasteiger partial charge in [0.05, 0.1) is 13.2 Å². The minimum atomic E-state index is -0.188. The molecule has 104 valence electrons. The predicted octanol–water partition coefficient (Wildman–Crippen LogP) is 1.39. The molecule has 1 heterocycles. The molecule has 19 heavy (non-hydrogen) atoms. The van der Waals surface area contributed by atoms with E-state index in [1.165, 1.54) is 0 Å². The number of nitrogens with two attached hydrogens (primary N) is 1. The summed E-state index contributed by atoms with van der Waals surface area (Å²) in [5, 5.41) is 2.81. The van der Waals surface area contributed by atoms with Gasteiger partial charge < -0.3 is 20.5 Å². The average molecular weight is 264 g/mol. The molecule has 1 aromatic carbocycles. The number of amides is 1. The molecular weight excluding hydrogens is 244 g/mol. The molecule has 5 heteroatoms. The molecule has 5 nitrogen and oxygen atoms in total. The van der Waals surface area contributed by atoms with Crippen molar-refractivity contribution in [1.29, 1.82) is 0 Å². The number of rotatable bonds is 5. The van der Waals surface area contributed by atoms with E-state index in [0.29, 0.717) is 13.2 Å². The molecule has 1 saturated heterocycles. The third-order valence-electron chi connectivity index (χ3n) is 3.11. The predicted molar refractivity (Wildman–Crippen MR) is 73.1 cm³/mol. The third kappa shape index (κ3) is 3.94. The number of anilines is 1. The zero-order valence-corrected chi connectivity index (χ0v) is 11.1. The van der Waals surface area contributed by atoms with Crippen molar-refractivity contribution in [2.24, 2.45) is 11.7 Å². The molecule has 1 aliphatic heterocycles. The molecule has 0 aliphatic carbocycles. The minimum absolute atomic E-state index is 0.0691. The SMILES string of the molecule is CC(CN)C(=O)Nc1ccc(OC2CCOC2)cc1. The molecule has 2 atom stereocenters. The maximum Gasteiger partial charge on any atom is 0.228 e. The van der Waals surface area contributed by atoms with E-state index in [0.717, 1.165) is 24.5 Å². The fraction of sp³-hybridized carbons (Fsp3) is 0.500. The van der Waals surface area contributed by atoms with Gasteiger partial charge in [-0.25, -0.2) is 0 Å². The van der Waals surface area contributed by atoms with Crippen LogP contribution in [-0.2, 0) is 9.53 Å². The summed E-state index contributed by atoms with van der Waals surface area (Å²) in [6.45, 7) is 3.55. The van der Waals surface area contributed by atoms with E-state index in [1.807, 2.05) is 24.3 Å². The van der Waals surface area contributed by atoms with Gasteiger partial charge in [0.1, 0.15) is 11.9 Å². The van der Waals surface area contributed by atoms with Crippen LogP contribution >= 0.6 is 0 Å². The fourth-order valence-corrected chi connectivity index (χ4v) is 1.79. The molecule has 1 amide bonds. The molecule has 0 aromatic heterocycles. The van der Waals surface area contributed by atoms with Crippen molar-refractivity contribution >= 4 is 11.6 Å². The molecule has 0 bridgehead atoms. The van der Waals surface area contributed by atoms with Crippen molar-refractivity contribution in [2.75, 3.05) is 25.1 Å². The average Bonchev–Trinajstić information content (AvgIpc) is 2.93. The number of hydrogen-bond donors (Lipinski definition) is 2. The summed E-state index contributed by atoms with van der Waals surface area (Å²) in [5.41, 5.74) is 6.20. The molecule has 0 radical (unpaired) electrons. The number of hydrogen-bond acceptors (Lipinski definition) is 4. The van der Waals surface area contributed by atoms with E-state index < -0.39 is 0 Å². The van der Waals surface area contributed by atoms with Crippen LogP contribution in [0.15, 0.2) is 24.3 Å². The summed E-state index contributed by atoms with van der Waals surface area (Å²) in [6, 6.07) is 7.35. The Hall–Kier alpha value is -1.59. The smallest absolute Gasteiger partial charge is 0.228 e. The van der Waals surface area contributed by atoms with Gasteiger partial charge in [-0.05, 0) is 24.3 Å². The van der Waals surface area contributed by atoms with Crippen LogP contribution in [0, 0.1) is 5.92 Å². The first-order valence-corrected chi connectivity index (χ1v) is 6.54. The van der Waals surface area contributed by atoms with Crippen LogP contribution < -0.4 is 15.8 Å². The topological polar surface area (TPSA) is 73.6 Å². The molecule has 0 saturated carbocycles. The van der Waals surface area contributed by atoms with Crippen molar-refractivity contribution < 1.29 is 14.3 Å². The standard InChI is InChI=1S/C14H20N2O3/c1-10(8-15)14(17)16-11-2-4-12(5-3-11)19-13-6-7-18-9-13/h2-5,10,13H,6-9,15H2,1H3,(H,16,17). The number of carbonyl (C=O) groups is 1. The quantitative estimate of drug-likeness (QED) is 0.842. The van der Waals surface area contributed by atoms with Crippen LogP contribution in [0.4, 0.5) is 5.69 Å². The van der Waals surface area contributed by atoms with Crippen molar-refractivity contribution in [3.8, 4) is 5.75 Å². The summed E-state index contributed by atoms with van der Waals surface area (Å²) in [5.74, 6) is 0.535. The van der Waals surface area contributed by atoms with E-state index in [-0.39, 0.29) is 17.9 Å². The van der Waals surface area contributed by atoms with Crippen LogP contribution in [0.2, 0.25) is 0 Å². The first kappa shape index (κ1) is 13.8. The molecule has 2 rings (SSSR count). The summed E-state index contributed by atoms with van der Waals surface area (Å²) in [7, 11) is 0. The number of ether oxygens (including phenoxy) is 2. The second kappa shape index (κ2) is 6.54. The monoisotopic (exact) mass is 264 g/mol. The largest absolute Gasteiger partial charge is 0.488 e. The molecule has 1 aromatic rings. The Kier molecular flexibility index (Phi) is 4.76. The Morgan fingerprint density at radius 1 is 1.53 bits per heavy atom. The van der Waals surface area contributed by atoms with Gasteiger partial charge in [-0.2, -0.15) is 0 Å². The van der Waals surface area contributed by atoms with E-state index in [1.54, 1.807) is 6.92 Å². The minimum Gasteiger partial charge on any atom is -0.488 e. The van der Waals surface area contributed by atoms with Crippen LogP contribution in [0.1, 0.15) is 13.3 Å². The molecule has 3 N–H and O–H groups in total. The highest BCUT2D eigenvalue weighted by Crippen LogP contribution is 2.19. The van der Waals surface area contributed by atoms with Crippen LogP contribution in [0.3, 0.4) is 0 Å². The van der Waals surface area contributed by atoms with Gasteiger partial charge in [-0.1, -0.05) is 6.92 Å². The van der Waals surface area contributed by atoms with Gasteiger partial charge in [-0.15, -0.1) is 0 Å². The number of nitrogens with one attached hydrogen (secondary N) is 1. The van der Waals surface area contributed by atoms with E-state index in [2.05, 4.69) is 5.32 Å². The number of benzene rings is 1. The normalized spacial score (nSPS) is 20.0. The van der Waals surface area contributed by atoms with Gasteiger partial charge in [0.25, 0.3) is 0 Å². The zero-order valence-electron chi connectivity index (χ0n) is 11.1. The first-order valence-electron chi connectivity index (χ1n) is 6.54. The summed E-state index contributed by atoms with van der Waals surface area (Å²) in [4.78, 5) is 11.7. The molecule has 1 aliphatic rings. The highest BCUT2D eigenvalue weighted by atomic mass is 16.5.